The van der Waals surface area contributed by atoms with E-state index in [0.717, 1.165) is 0 Å². The molecule has 0 aliphatic carbocycles. The van der Waals surface area contributed by atoms with E-state index in [0.29, 0.717) is 12.0 Å². The van der Waals surface area contributed by atoms with E-state index < -0.39 is 88.5 Å². The summed E-state index contributed by atoms with van der Waals surface area (Å²) < 4.78 is 30.9. The number of rotatable bonds is 9. The van der Waals surface area contributed by atoms with E-state index in [2.05, 4.69) is 0 Å². The van der Waals surface area contributed by atoms with Crippen LogP contribution in [0.5, 0.6) is 0 Å². The molecule has 0 bridgehead atoms. The first kappa shape index (κ1) is 44.3. The number of nitro benzene ring substituents is 1. The van der Waals surface area contributed by atoms with Gasteiger partial charge in [0.25, 0.3) is 5.69 Å². The number of esters is 2. The summed E-state index contributed by atoms with van der Waals surface area (Å²) >= 11 is 0. The number of aliphatic hydroxyl groups excluding tert-OH is 2. The predicted molar refractivity (Wildman–Crippen MR) is 192 cm³/mol. The van der Waals surface area contributed by atoms with Gasteiger partial charge in [-0.3, -0.25) is 24.5 Å². The van der Waals surface area contributed by atoms with Crippen molar-refractivity contribution in [3.63, 3.8) is 0 Å². The number of hydrogen-bond acceptors (Lipinski definition) is 14. The number of methoxy groups -OCH3 is 1. The molecule has 53 heavy (non-hydrogen) atoms. The Hall–Kier alpha value is -3.05. The molecule has 3 rings (SSSR count). The topological polar surface area (TPSA) is 204 Å². The van der Waals surface area contributed by atoms with E-state index in [1.165, 1.54) is 52.1 Å². The van der Waals surface area contributed by atoms with Crippen molar-refractivity contribution in [2.45, 2.75) is 141 Å². The summed E-state index contributed by atoms with van der Waals surface area (Å²) in [6.45, 7) is 13.0. The standard InChI is InChI=1S/C38H60N2O13/c1-12-28-38(8,46)33(44)22(4)30(42)20(2)19-37(7,49-11)34(53-36-31(43)27(39(9)10)17-21(3)50-36)23(5)32(24(6)35(45)51-28)52-29(41)18-25-13-15-26(16-14-25)40(47)48/h13-16,20-24,27-28,31-34,36,43-44,46H,12,17-19H2,1-11H3/t20-,21-,22+,23+,24-,27+,28-,31-,32+,33-,34-,36+,37+,38-/m1/s1. The maximum atomic E-state index is 14.0. The minimum absolute atomic E-state index is 0.0332. The Kier molecular flexibility index (Phi) is 15.1. The smallest absolute Gasteiger partial charge is 0.312 e. The first-order valence-corrected chi connectivity index (χ1v) is 18.4. The Morgan fingerprint density at radius 3 is 2.19 bits per heavy atom. The van der Waals surface area contributed by atoms with Crippen LogP contribution in [0.25, 0.3) is 0 Å². The molecule has 0 radical (unpaired) electrons. The fourth-order valence-corrected chi connectivity index (χ4v) is 7.88. The lowest BCUT2D eigenvalue weighted by Crippen LogP contribution is -2.60. The quantitative estimate of drug-likeness (QED) is 0.188. The van der Waals surface area contributed by atoms with E-state index in [1.807, 2.05) is 25.9 Å². The average Bonchev–Trinajstić information content (AvgIpc) is 3.10. The highest BCUT2D eigenvalue weighted by atomic mass is 16.7. The molecular formula is C38H60N2O13. The van der Waals surface area contributed by atoms with Gasteiger partial charge in [0.2, 0.25) is 0 Å². The van der Waals surface area contributed by atoms with Crippen LogP contribution in [0.4, 0.5) is 5.69 Å². The van der Waals surface area contributed by atoms with Crippen molar-refractivity contribution in [3.05, 3.63) is 39.9 Å². The van der Waals surface area contributed by atoms with Crippen molar-refractivity contribution < 1.29 is 58.3 Å². The van der Waals surface area contributed by atoms with Crippen LogP contribution in [-0.2, 0) is 44.5 Å². The van der Waals surface area contributed by atoms with E-state index in [1.54, 1.807) is 27.7 Å². The number of cyclic esters (lactones) is 1. The number of aliphatic hydroxyl groups is 3. The maximum absolute atomic E-state index is 14.0. The van der Waals surface area contributed by atoms with Crippen molar-refractivity contribution in [3.8, 4) is 0 Å². The van der Waals surface area contributed by atoms with E-state index in [9.17, 15) is 39.8 Å². The Bertz CT molecular complexity index is 1420. The molecule has 0 spiro atoms. The van der Waals surface area contributed by atoms with Gasteiger partial charge in [-0.15, -0.1) is 0 Å². The molecule has 0 amide bonds. The summed E-state index contributed by atoms with van der Waals surface area (Å²) in [6, 6.07) is 5.08. The normalized spacial score (nSPS) is 39.2. The van der Waals surface area contributed by atoms with Gasteiger partial charge in [-0.1, -0.05) is 39.8 Å². The molecular weight excluding hydrogens is 692 g/mol. The van der Waals surface area contributed by atoms with Crippen molar-refractivity contribution in [1.82, 2.24) is 4.90 Å². The number of non-ortho nitro benzene ring substituents is 1. The van der Waals surface area contributed by atoms with Crippen LogP contribution in [0.1, 0.15) is 80.2 Å². The summed E-state index contributed by atoms with van der Waals surface area (Å²) in [6.07, 6.45) is -7.46. The van der Waals surface area contributed by atoms with Gasteiger partial charge in [-0.2, -0.15) is 0 Å². The van der Waals surface area contributed by atoms with Gasteiger partial charge in [0.1, 0.15) is 29.7 Å². The first-order chi connectivity index (χ1) is 24.6. The lowest BCUT2D eigenvalue weighted by molar-refractivity contribution is -0.384. The third kappa shape index (κ3) is 10.2. The molecule has 1 aromatic rings. The van der Waals surface area contributed by atoms with Gasteiger partial charge in [-0.25, -0.2) is 0 Å². The molecule has 1 aromatic carbocycles. The molecule has 2 fully saturated rings. The predicted octanol–water partition coefficient (Wildman–Crippen LogP) is 3.22. The van der Waals surface area contributed by atoms with Crippen molar-refractivity contribution in [2.24, 2.45) is 23.7 Å². The van der Waals surface area contributed by atoms with Gasteiger partial charge in [0.05, 0.1) is 41.2 Å². The summed E-state index contributed by atoms with van der Waals surface area (Å²) in [5.74, 6) is -5.86. The number of ketones is 1. The zero-order chi connectivity index (χ0) is 40.2. The number of ether oxygens (including phenoxy) is 5. The molecule has 0 saturated carbocycles. The van der Waals surface area contributed by atoms with E-state index in [-0.39, 0.29) is 42.9 Å². The Labute approximate surface area is 312 Å². The number of nitro groups is 1. The second-order valence-electron chi connectivity index (χ2n) is 15.6. The number of likely N-dealkylation sites (N-methyl/N-ethyl adjacent to an activating group) is 1. The van der Waals surface area contributed by atoms with Crippen LogP contribution in [0.3, 0.4) is 0 Å². The third-order valence-electron chi connectivity index (χ3n) is 11.2. The molecule has 2 saturated heterocycles. The summed E-state index contributed by atoms with van der Waals surface area (Å²) in [7, 11) is 5.11. The van der Waals surface area contributed by atoms with Crippen LogP contribution in [0.15, 0.2) is 24.3 Å². The lowest BCUT2D eigenvalue weighted by atomic mass is 9.74. The van der Waals surface area contributed by atoms with Gasteiger partial charge >= 0.3 is 11.9 Å². The maximum Gasteiger partial charge on any atom is 0.312 e. The molecule has 300 valence electrons. The van der Waals surface area contributed by atoms with Gasteiger partial charge < -0.3 is 43.9 Å². The highest BCUT2D eigenvalue weighted by Crippen LogP contribution is 2.40. The van der Waals surface area contributed by atoms with Crippen LogP contribution >= 0.6 is 0 Å². The highest BCUT2D eigenvalue weighted by Gasteiger charge is 2.53. The van der Waals surface area contributed by atoms with E-state index >= 15 is 0 Å². The minimum Gasteiger partial charge on any atom is -0.461 e. The van der Waals surface area contributed by atoms with Crippen molar-refractivity contribution in [2.75, 3.05) is 21.2 Å². The van der Waals surface area contributed by atoms with Crippen LogP contribution in [0.2, 0.25) is 0 Å². The minimum atomic E-state index is -2.03. The van der Waals surface area contributed by atoms with Crippen LogP contribution in [0, 0.1) is 33.8 Å². The molecule has 2 aliphatic rings. The van der Waals surface area contributed by atoms with Crippen LogP contribution < -0.4 is 0 Å². The molecule has 0 unspecified atom stereocenters. The average molecular weight is 753 g/mol. The highest BCUT2D eigenvalue weighted by molar-refractivity contribution is 5.83. The van der Waals surface area contributed by atoms with Crippen LogP contribution in [-0.4, -0.2) is 124 Å². The number of nitrogens with zero attached hydrogens (tertiary/aromatic N) is 2. The summed E-state index contributed by atoms with van der Waals surface area (Å²) in [4.78, 5) is 54.0. The zero-order valence-corrected chi connectivity index (χ0v) is 32.9. The second-order valence-corrected chi connectivity index (χ2v) is 15.6. The summed E-state index contributed by atoms with van der Waals surface area (Å²) in [5.41, 5.74) is -3.09. The zero-order valence-electron chi connectivity index (χ0n) is 32.9. The number of Topliss-reactive ketones (excluding diaryl/α,β-unsaturated/α-hetero) is 1. The lowest BCUT2D eigenvalue weighted by Gasteiger charge is -2.48. The molecule has 15 nitrogen and oxygen atoms in total. The first-order valence-electron chi connectivity index (χ1n) is 18.4. The van der Waals surface area contributed by atoms with Crippen molar-refractivity contribution in [1.29, 1.82) is 0 Å². The SMILES string of the molecule is CC[C@H]1OC(=O)[C@H](C)[C@@H](OC(=O)Cc2ccc([N+](=O)[O-])cc2)[C@H](C)[C@@H](O[C@@H]2O[C@H](C)C[C@H](N(C)C)[C@H]2O)[C@@](C)(OC)C[C@@H](C)C(=O)[C@H](C)[C@@H](O)[C@]1(C)O. The number of carbonyl (C=O) groups excluding carboxylic acids is 3. The Morgan fingerprint density at radius 2 is 1.66 bits per heavy atom. The molecule has 3 N–H and O–H groups in total. The monoisotopic (exact) mass is 752 g/mol. The number of hydrogen-bond donors (Lipinski definition) is 3. The Morgan fingerprint density at radius 1 is 1.06 bits per heavy atom. The van der Waals surface area contributed by atoms with E-state index in [4.69, 9.17) is 23.7 Å². The molecule has 2 heterocycles. The second kappa shape index (κ2) is 18.1. The third-order valence-corrected chi connectivity index (χ3v) is 11.2. The largest absolute Gasteiger partial charge is 0.461 e. The summed E-state index contributed by atoms with van der Waals surface area (Å²) in [5, 5.41) is 45.6. The van der Waals surface area contributed by atoms with Gasteiger partial charge in [0, 0.05) is 43.0 Å². The Balaban J connectivity index is 2.18. The van der Waals surface area contributed by atoms with Crippen molar-refractivity contribution >= 4 is 23.4 Å². The number of carbonyl (C=O) groups is 3. The molecule has 0 aromatic heterocycles. The molecule has 15 heteroatoms. The molecule has 2 aliphatic heterocycles. The molecule has 14 atom stereocenters. The van der Waals surface area contributed by atoms with Gasteiger partial charge in [0.15, 0.2) is 6.29 Å². The van der Waals surface area contributed by atoms with Gasteiger partial charge in [-0.05, 0) is 66.6 Å². The number of benzene rings is 1. The fraction of sp³-hybridized carbons (Fsp3) is 0.763. The fourth-order valence-electron chi connectivity index (χ4n) is 7.88.